The second kappa shape index (κ2) is 3.97. The van der Waals surface area contributed by atoms with Crippen LogP contribution in [0.2, 0.25) is 0 Å². The van der Waals surface area contributed by atoms with E-state index in [4.69, 9.17) is 11.6 Å². The highest BCUT2D eigenvalue weighted by Crippen LogP contribution is 2.32. The molecule has 0 saturated heterocycles. The van der Waals surface area contributed by atoms with Gasteiger partial charge in [0.2, 0.25) is 0 Å². The number of rotatable bonds is 5. The van der Waals surface area contributed by atoms with E-state index in [9.17, 15) is 0 Å². The Bertz CT molecular complexity index is 141. The fraction of sp³-hybridized carbons (Fsp3) is 1.00. The van der Waals surface area contributed by atoms with Crippen molar-refractivity contribution in [3.8, 4) is 0 Å². The zero-order valence-corrected chi connectivity index (χ0v) is 8.39. The molecule has 0 heterocycles. The van der Waals surface area contributed by atoms with Crippen molar-refractivity contribution >= 4 is 11.6 Å². The fourth-order valence-corrected chi connectivity index (χ4v) is 2.20. The van der Waals surface area contributed by atoms with Crippen LogP contribution in [-0.2, 0) is 0 Å². The molecule has 12 heavy (non-hydrogen) atoms. The van der Waals surface area contributed by atoms with Gasteiger partial charge in [-0.25, -0.2) is 0 Å². The van der Waals surface area contributed by atoms with Gasteiger partial charge in [-0.1, -0.05) is 6.42 Å². The molecule has 0 aliphatic heterocycles. The zero-order chi connectivity index (χ0) is 8.39. The highest BCUT2D eigenvalue weighted by molar-refractivity contribution is 6.18. The van der Waals surface area contributed by atoms with Gasteiger partial charge in [0.15, 0.2) is 0 Å². The lowest BCUT2D eigenvalue weighted by Crippen LogP contribution is -2.35. The SMILES string of the molecule is ClCCN(CC1CCC1)C1CC1. The summed E-state index contributed by atoms with van der Waals surface area (Å²) in [6.07, 6.45) is 7.23. The van der Waals surface area contributed by atoms with Gasteiger partial charge >= 0.3 is 0 Å². The van der Waals surface area contributed by atoms with Crippen LogP contribution in [0.3, 0.4) is 0 Å². The summed E-state index contributed by atoms with van der Waals surface area (Å²) >= 11 is 5.77. The molecule has 0 aromatic rings. The summed E-state index contributed by atoms with van der Waals surface area (Å²) in [6.45, 7) is 2.44. The topological polar surface area (TPSA) is 3.24 Å². The molecule has 0 bridgehead atoms. The molecule has 0 aromatic heterocycles. The molecule has 2 saturated carbocycles. The molecule has 0 radical (unpaired) electrons. The minimum absolute atomic E-state index is 0.809. The Hall–Kier alpha value is 0.250. The van der Waals surface area contributed by atoms with Gasteiger partial charge in [0, 0.05) is 25.0 Å². The lowest BCUT2D eigenvalue weighted by Gasteiger charge is -2.32. The van der Waals surface area contributed by atoms with Crippen LogP contribution in [0.5, 0.6) is 0 Å². The summed E-state index contributed by atoms with van der Waals surface area (Å²) in [5.41, 5.74) is 0. The summed E-state index contributed by atoms with van der Waals surface area (Å²) in [4.78, 5) is 2.61. The predicted molar refractivity (Wildman–Crippen MR) is 52.7 cm³/mol. The fourth-order valence-electron chi connectivity index (χ4n) is 1.98. The standard InChI is InChI=1S/C10H18ClN/c11-6-7-12(10-4-5-10)8-9-2-1-3-9/h9-10H,1-8H2. The van der Waals surface area contributed by atoms with Gasteiger partial charge in [0.05, 0.1) is 0 Å². The molecule has 2 rings (SSSR count). The number of hydrogen-bond acceptors (Lipinski definition) is 1. The first-order chi connectivity index (χ1) is 5.90. The Morgan fingerprint density at radius 2 is 1.92 bits per heavy atom. The second-order valence-corrected chi connectivity index (χ2v) is 4.59. The Balaban J connectivity index is 1.71. The van der Waals surface area contributed by atoms with Crippen LogP contribution in [0.25, 0.3) is 0 Å². The van der Waals surface area contributed by atoms with Gasteiger partial charge in [-0.2, -0.15) is 0 Å². The van der Waals surface area contributed by atoms with Gasteiger partial charge in [-0.15, -0.1) is 11.6 Å². The van der Waals surface area contributed by atoms with Crippen molar-refractivity contribution in [1.82, 2.24) is 4.90 Å². The van der Waals surface area contributed by atoms with E-state index in [-0.39, 0.29) is 0 Å². The van der Waals surface area contributed by atoms with E-state index in [0.29, 0.717) is 0 Å². The van der Waals surface area contributed by atoms with E-state index in [2.05, 4.69) is 4.90 Å². The molecular weight excluding hydrogens is 170 g/mol. The van der Waals surface area contributed by atoms with E-state index in [1.165, 1.54) is 38.6 Å². The van der Waals surface area contributed by atoms with E-state index in [0.717, 1.165) is 24.4 Å². The zero-order valence-electron chi connectivity index (χ0n) is 7.64. The van der Waals surface area contributed by atoms with Crippen LogP contribution in [0.15, 0.2) is 0 Å². The maximum absolute atomic E-state index is 5.77. The molecule has 2 fully saturated rings. The van der Waals surface area contributed by atoms with Gasteiger partial charge in [-0.05, 0) is 31.6 Å². The minimum Gasteiger partial charge on any atom is -0.299 e. The van der Waals surface area contributed by atoms with Crippen LogP contribution in [0.1, 0.15) is 32.1 Å². The third-order valence-corrected chi connectivity index (χ3v) is 3.32. The van der Waals surface area contributed by atoms with Crippen molar-refractivity contribution in [2.45, 2.75) is 38.1 Å². The molecule has 1 nitrogen and oxygen atoms in total. The molecule has 70 valence electrons. The molecule has 0 atom stereocenters. The summed E-state index contributed by atoms with van der Waals surface area (Å²) in [5, 5.41) is 0. The maximum atomic E-state index is 5.77. The van der Waals surface area contributed by atoms with Crippen molar-refractivity contribution < 1.29 is 0 Å². The number of alkyl halides is 1. The predicted octanol–water partition coefficient (Wildman–Crippen LogP) is 2.49. The molecular formula is C10H18ClN. The van der Waals surface area contributed by atoms with Crippen LogP contribution in [0, 0.1) is 5.92 Å². The Morgan fingerprint density at radius 1 is 1.17 bits per heavy atom. The van der Waals surface area contributed by atoms with E-state index in [1.807, 2.05) is 0 Å². The van der Waals surface area contributed by atoms with Gasteiger partial charge in [0.25, 0.3) is 0 Å². The largest absolute Gasteiger partial charge is 0.299 e. The van der Waals surface area contributed by atoms with E-state index >= 15 is 0 Å². The third-order valence-electron chi connectivity index (χ3n) is 3.15. The Kier molecular flexibility index (Phi) is 2.92. The first-order valence-electron chi connectivity index (χ1n) is 5.20. The molecule has 0 unspecified atom stereocenters. The van der Waals surface area contributed by atoms with Crippen LogP contribution in [0.4, 0.5) is 0 Å². The lowest BCUT2D eigenvalue weighted by molar-refractivity contribution is 0.178. The summed E-state index contributed by atoms with van der Waals surface area (Å²) in [6, 6.07) is 0.907. The molecule has 2 aliphatic carbocycles. The normalized spacial score (nSPS) is 24.5. The lowest BCUT2D eigenvalue weighted by atomic mass is 9.85. The Morgan fingerprint density at radius 3 is 2.33 bits per heavy atom. The highest BCUT2D eigenvalue weighted by atomic mass is 35.5. The van der Waals surface area contributed by atoms with Crippen molar-refractivity contribution in [2.75, 3.05) is 19.0 Å². The summed E-state index contributed by atoms with van der Waals surface area (Å²) < 4.78 is 0. The monoisotopic (exact) mass is 187 g/mol. The van der Waals surface area contributed by atoms with Crippen LogP contribution in [-0.4, -0.2) is 29.9 Å². The van der Waals surface area contributed by atoms with Crippen molar-refractivity contribution in [3.05, 3.63) is 0 Å². The number of hydrogen-bond donors (Lipinski definition) is 0. The Labute approximate surface area is 80.1 Å². The smallest absolute Gasteiger partial charge is 0.0351 e. The molecule has 2 aliphatic rings. The average molecular weight is 188 g/mol. The molecule has 0 amide bonds. The van der Waals surface area contributed by atoms with Gasteiger partial charge < -0.3 is 0 Å². The van der Waals surface area contributed by atoms with Crippen molar-refractivity contribution in [3.63, 3.8) is 0 Å². The first-order valence-corrected chi connectivity index (χ1v) is 5.73. The molecule has 0 spiro atoms. The van der Waals surface area contributed by atoms with Crippen molar-refractivity contribution in [1.29, 1.82) is 0 Å². The van der Waals surface area contributed by atoms with Gasteiger partial charge in [0.1, 0.15) is 0 Å². The maximum Gasteiger partial charge on any atom is 0.0351 e. The minimum atomic E-state index is 0.809. The summed E-state index contributed by atoms with van der Waals surface area (Å²) in [7, 11) is 0. The molecule has 0 aromatic carbocycles. The molecule has 0 N–H and O–H groups in total. The highest BCUT2D eigenvalue weighted by Gasteiger charge is 2.31. The van der Waals surface area contributed by atoms with E-state index in [1.54, 1.807) is 0 Å². The number of halogens is 1. The average Bonchev–Trinajstić information content (AvgIpc) is 2.76. The van der Waals surface area contributed by atoms with Gasteiger partial charge in [-0.3, -0.25) is 4.90 Å². The first kappa shape index (κ1) is 8.83. The van der Waals surface area contributed by atoms with Crippen LogP contribution < -0.4 is 0 Å². The van der Waals surface area contributed by atoms with Crippen molar-refractivity contribution in [2.24, 2.45) is 5.92 Å². The second-order valence-electron chi connectivity index (χ2n) is 4.21. The molecule has 2 heteroatoms. The third kappa shape index (κ3) is 2.14. The van der Waals surface area contributed by atoms with Crippen LogP contribution >= 0.6 is 11.6 Å². The number of nitrogens with zero attached hydrogens (tertiary/aromatic N) is 1. The summed E-state index contributed by atoms with van der Waals surface area (Å²) in [5.74, 6) is 1.82. The quantitative estimate of drug-likeness (QED) is 0.598. The van der Waals surface area contributed by atoms with E-state index < -0.39 is 0 Å².